The Hall–Kier alpha value is -3.06. The monoisotopic (exact) mass is 393 g/mol. The van der Waals surface area contributed by atoms with E-state index in [0.717, 1.165) is 20.8 Å². The fraction of sp³-hybridized carbons (Fsp3) is 0.238. The van der Waals surface area contributed by atoms with E-state index in [1.165, 1.54) is 4.90 Å². The van der Waals surface area contributed by atoms with Gasteiger partial charge in [-0.25, -0.2) is 4.98 Å². The molecule has 0 fully saturated rings. The molecule has 6 nitrogen and oxygen atoms in total. The van der Waals surface area contributed by atoms with Crippen LogP contribution in [-0.2, 0) is 11.3 Å². The lowest BCUT2D eigenvalue weighted by Crippen LogP contribution is -2.32. The van der Waals surface area contributed by atoms with E-state index in [2.05, 4.69) is 10.3 Å². The van der Waals surface area contributed by atoms with Gasteiger partial charge in [0, 0.05) is 13.0 Å². The van der Waals surface area contributed by atoms with Crippen LogP contribution in [0.15, 0.2) is 42.5 Å². The first-order valence-corrected chi connectivity index (χ1v) is 9.92. The summed E-state index contributed by atoms with van der Waals surface area (Å²) in [6.45, 7) is 2.50. The van der Waals surface area contributed by atoms with Crippen LogP contribution in [0.2, 0.25) is 0 Å². The summed E-state index contributed by atoms with van der Waals surface area (Å²) in [4.78, 5) is 42.6. The van der Waals surface area contributed by atoms with Gasteiger partial charge in [0.2, 0.25) is 5.91 Å². The standard InChI is InChI=1S/C21H19N3O3S/c1-13-8-9-14-15(11-13)21(27)24(20(14)26)10-4-7-18(25)22-12-19-23-16-5-2-3-6-17(16)28-19/h2-3,5-6,8-9,11H,4,7,10,12H2,1H3,(H,22,25). The van der Waals surface area contributed by atoms with Gasteiger partial charge in [-0.15, -0.1) is 11.3 Å². The maximum atomic E-state index is 12.4. The van der Waals surface area contributed by atoms with Crippen LogP contribution in [0.3, 0.4) is 0 Å². The molecule has 2 heterocycles. The van der Waals surface area contributed by atoms with Gasteiger partial charge >= 0.3 is 0 Å². The van der Waals surface area contributed by atoms with Crippen molar-refractivity contribution in [2.45, 2.75) is 26.3 Å². The Morgan fingerprint density at radius 3 is 2.71 bits per heavy atom. The van der Waals surface area contributed by atoms with Crippen molar-refractivity contribution >= 4 is 39.3 Å². The first-order valence-electron chi connectivity index (χ1n) is 9.11. The molecule has 3 aromatic rings. The highest BCUT2D eigenvalue weighted by atomic mass is 32.1. The van der Waals surface area contributed by atoms with Gasteiger partial charge in [-0.2, -0.15) is 0 Å². The van der Waals surface area contributed by atoms with Crippen LogP contribution >= 0.6 is 11.3 Å². The van der Waals surface area contributed by atoms with E-state index in [0.29, 0.717) is 24.1 Å². The molecule has 0 spiro atoms. The van der Waals surface area contributed by atoms with Crippen LogP contribution in [0.5, 0.6) is 0 Å². The summed E-state index contributed by atoms with van der Waals surface area (Å²) < 4.78 is 1.09. The summed E-state index contributed by atoms with van der Waals surface area (Å²) in [5.74, 6) is -0.680. The summed E-state index contributed by atoms with van der Waals surface area (Å²) in [6.07, 6.45) is 0.674. The number of hydrogen-bond donors (Lipinski definition) is 1. The number of hydrogen-bond acceptors (Lipinski definition) is 5. The molecule has 3 amide bonds. The second-order valence-corrected chi connectivity index (χ2v) is 7.88. The number of thiazole rings is 1. The summed E-state index contributed by atoms with van der Waals surface area (Å²) in [6, 6.07) is 13.1. The minimum absolute atomic E-state index is 0.119. The number of benzene rings is 2. The topological polar surface area (TPSA) is 79.4 Å². The number of para-hydroxylation sites is 1. The van der Waals surface area contributed by atoms with Gasteiger partial charge in [-0.3, -0.25) is 19.3 Å². The fourth-order valence-corrected chi connectivity index (χ4v) is 4.17. The zero-order valence-electron chi connectivity index (χ0n) is 15.4. The molecule has 0 saturated carbocycles. The molecule has 0 bridgehead atoms. The van der Waals surface area contributed by atoms with Crippen LogP contribution in [0, 0.1) is 6.92 Å². The Morgan fingerprint density at radius 1 is 1.11 bits per heavy atom. The summed E-state index contributed by atoms with van der Waals surface area (Å²) in [5, 5.41) is 3.71. The van der Waals surface area contributed by atoms with Crippen molar-refractivity contribution in [1.29, 1.82) is 0 Å². The molecule has 0 aliphatic carbocycles. The number of rotatable bonds is 6. The number of aryl methyl sites for hydroxylation is 1. The van der Waals surface area contributed by atoms with E-state index in [4.69, 9.17) is 0 Å². The Labute approximate surface area is 166 Å². The molecule has 0 atom stereocenters. The zero-order valence-corrected chi connectivity index (χ0v) is 16.2. The predicted octanol–water partition coefficient (Wildman–Crippen LogP) is 3.30. The van der Waals surface area contributed by atoms with Crippen molar-refractivity contribution < 1.29 is 14.4 Å². The zero-order chi connectivity index (χ0) is 19.7. The minimum atomic E-state index is -0.283. The smallest absolute Gasteiger partial charge is 0.261 e. The molecule has 2 aromatic carbocycles. The number of imide groups is 1. The third-order valence-corrected chi connectivity index (χ3v) is 5.72. The van der Waals surface area contributed by atoms with E-state index < -0.39 is 0 Å². The SMILES string of the molecule is Cc1ccc2c(c1)C(=O)N(CCCC(=O)NCc1nc3ccccc3s1)C2=O. The molecule has 28 heavy (non-hydrogen) atoms. The third-order valence-electron chi connectivity index (χ3n) is 4.69. The van der Waals surface area contributed by atoms with E-state index >= 15 is 0 Å². The minimum Gasteiger partial charge on any atom is -0.350 e. The third kappa shape index (κ3) is 3.53. The molecule has 142 valence electrons. The average Bonchev–Trinajstić information content (AvgIpc) is 3.20. The molecule has 1 N–H and O–H groups in total. The number of carbonyl (C=O) groups excluding carboxylic acids is 3. The van der Waals surface area contributed by atoms with Crippen LogP contribution in [0.4, 0.5) is 0 Å². The van der Waals surface area contributed by atoms with Gasteiger partial charge in [0.15, 0.2) is 0 Å². The Kier molecular flexibility index (Phi) is 4.92. The van der Waals surface area contributed by atoms with Crippen molar-refractivity contribution in [3.63, 3.8) is 0 Å². The van der Waals surface area contributed by atoms with Gasteiger partial charge in [-0.05, 0) is 37.6 Å². The summed E-state index contributed by atoms with van der Waals surface area (Å²) in [7, 11) is 0. The van der Waals surface area contributed by atoms with Crippen LogP contribution in [-0.4, -0.2) is 34.2 Å². The van der Waals surface area contributed by atoms with Crippen LogP contribution < -0.4 is 5.32 Å². The molecule has 0 saturated heterocycles. The molecule has 0 unspecified atom stereocenters. The molecule has 7 heteroatoms. The number of aromatic nitrogens is 1. The Morgan fingerprint density at radius 2 is 1.89 bits per heavy atom. The maximum Gasteiger partial charge on any atom is 0.261 e. The molecule has 4 rings (SSSR count). The van der Waals surface area contributed by atoms with Gasteiger partial charge in [0.1, 0.15) is 5.01 Å². The number of fused-ring (bicyclic) bond motifs is 2. The average molecular weight is 393 g/mol. The van der Waals surface area contributed by atoms with E-state index in [-0.39, 0.29) is 30.7 Å². The van der Waals surface area contributed by atoms with Crippen molar-refractivity contribution in [3.05, 3.63) is 64.2 Å². The molecule has 1 aromatic heterocycles. The van der Waals surface area contributed by atoms with Crippen molar-refractivity contribution in [2.24, 2.45) is 0 Å². The molecule has 1 aliphatic rings. The van der Waals surface area contributed by atoms with Gasteiger partial charge in [0.25, 0.3) is 11.8 Å². The molecule has 0 radical (unpaired) electrons. The molecular formula is C21H19N3O3S. The van der Waals surface area contributed by atoms with Crippen molar-refractivity contribution in [2.75, 3.05) is 6.54 Å². The predicted molar refractivity (Wildman–Crippen MR) is 107 cm³/mol. The lowest BCUT2D eigenvalue weighted by Gasteiger charge is -2.13. The lowest BCUT2D eigenvalue weighted by atomic mass is 10.1. The van der Waals surface area contributed by atoms with E-state index in [1.807, 2.05) is 37.3 Å². The van der Waals surface area contributed by atoms with Gasteiger partial charge in [0.05, 0.1) is 27.9 Å². The van der Waals surface area contributed by atoms with Crippen LogP contribution in [0.25, 0.3) is 10.2 Å². The van der Waals surface area contributed by atoms with E-state index in [1.54, 1.807) is 23.5 Å². The van der Waals surface area contributed by atoms with Crippen LogP contribution in [0.1, 0.15) is 44.1 Å². The highest BCUT2D eigenvalue weighted by Crippen LogP contribution is 2.24. The van der Waals surface area contributed by atoms with Gasteiger partial charge in [-0.1, -0.05) is 23.8 Å². The molecule has 1 aliphatic heterocycles. The van der Waals surface area contributed by atoms with Crippen molar-refractivity contribution in [3.8, 4) is 0 Å². The Balaban J connectivity index is 1.27. The highest BCUT2D eigenvalue weighted by molar-refractivity contribution is 7.18. The number of nitrogens with zero attached hydrogens (tertiary/aromatic N) is 2. The summed E-state index contributed by atoms with van der Waals surface area (Å²) in [5.41, 5.74) is 2.76. The van der Waals surface area contributed by atoms with Crippen molar-refractivity contribution in [1.82, 2.24) is 15.2 Å². The second-order valence-electron chi connectivity index (χ2n) is 6.77. The number of amides is 3. The Bertz CT molecular complexity index is 1060. The largest absolute Gasteiger partial charge is 0.350 e. The second kappa shape index (κ2) is 7.52. The first-order chi connectivity index (χ1) is 13.5. The quantitative estimate of drug-likeness (QED) is 0.652. The fourth-order valence-electron chi connectivity index (χ4n) is 3.26. The lowest BCUT2D eigenvalue weighted by molar-refractivity contribution is -0.121. The maximum absolute atomic E-state index is 12.4. The summed E-state index contributed by atoms with van der Waals surface area (Å²) >= 11 is 1.55. The first kappa shape index (κ1) is 18.3. The molecular weight excluding hydrogens is 374 g/mol. The van der Waals surface area contributed by atoms with E-state index in [9.17, 15) is 14.4 Å². The number of nitrogens with one attached hydrogen (secondary N) is 1. The normalized spacial score (nSPS) is 13.2. The highest BCUT2D eigenvalue weighted by Gasteiger charge is 2.34. The number of carbonyl (C=O) groups is 3. The van der Waals surface area contributed by atoms with Gasteiger partial charge < -0.3 is 5.32 Å².